The molecule has 0 radical (unpaired) electrons. The van der Waals surface area contributed by atoms with E-state index >= 15 is 0 Å². The van der Waals surface area contributed by atoms with E-state index in [1.54, 1.807) is 12.1 Å². The Labute approximate surface area is 121 Å². The molecule has 1 rings (SSSR count). The topological polar surface area (TPSA) is 63.3 Å². The van der Waals surface area contributed by atoms with Gasteiger partial charge in [-0.3, -0.25) is 4.79 Å². The van der Waals surface area contributed by atoms with Crippen LogP contribution in [-0.2, 0) is 4.79 Å². The van der Waals surface area contributed by atoms with Crippen LogP contribution in [0.4, 0.5) is 0 Å². The minimum Gasteiger partial charge on any atom is -0.480 e. The van der Waals surface area contributed by atoms with E-state index in [2.05, 4.69) is 0 Å². The van der Waals surface area contributed by atoms with Crippen LogP contribution in [0.2, 0.25) is 10.0 Å². The molecular weight excluding hydrogens is 293 g/mol. The maximum atomic E-state index is 10.9. The second-order valence-electron chi connectivity index (χ2n) is 4.43. The first-order valence-corrected chi connectivity index (χ1v) is 7.00. The van der Waals surface area contributed by atoms with E-state index in [1.807, 2.05) is 13.0 Å². The van der Waals surface area contributed by atoms with Gasteiger partial charge in [0.05, 0.1) is 10.0 Å². The van der Waals surface area contributed by atoms with Gasteiger partial charge in [-0.1, -0.05) is 30.1 Å². The van der Waals surface area contributed by atoms with Crippen LogP contribution in [0.15, 0.2) is 23.1 Å². The molecule has 6 heteroatoms. The number of rotatable bonds is 5. The summed E-state index contributed by atoms with van der Waals surface area (Å²) in [4.78, 5) is 11.9. The van der Waals surface area contributed by atoms with Gasteiger partial charge in [0.25, 0.3) is 0 Å². The van der Waals surface area contributed by atoms with Crippen LogP contribution in [0, 0.1) is 0 Å². The van der Waals surface area contributed by atoms with Crippen molar-refractivity contribution < 1.29 is 9.90 Å². The van der Waals surface area contributed by atoms with Crippen molar-refractivity contribution >= 4 is 40.9 Å². The second kappa shape index (κ2) is 6.15. The van der Waals surface area contributed by atoms with Crippen molar-refractivity contribution in [1.29, 1.82) is 0 Å². The van der Waals surface area contributed by atoms with Crippen LogP contribution in [0.25, 0.3) is 0 Å². The number of carboxylic acids is 1. The predicted molar refractivity (Wildman–Crippen MR) is 76.6 cm³/mol. The molecule has 0 bridgehead atoms. The average molecular weight is 308 g/mol. The first-order valence-electron chi connectivity index (χ1n) is 5.36. The molecule has 0 aliphatic heterocycles. The standard InChI is InChI=1S/C12H15Cl2NO2S/c1-7(6-12(2,15)11(16)17)18-8-3-4-9(13)10(14)5-8/h3-5,7H,6,15H2,1-2H3,(H,16,17). The smallest absolute Gasteiger partial charge is 0.323 e. The Balaban J connectivity index is 2.67. The highest BCUT2D eigenvalue weighted by molar-refractivity contribution is 8.00. The molecule has 3 N–H and O–H groups in total. The second-order valence-corrected chi connectivity index (χ2v) is 6.76. The van der Waals surface area contributed by atoms with Gasteiger partial charge in [-0.05, 0) is 31.5 Å². The van der Waals surface area contributed by atoms with Gasteiger partial charge in [0.15, 0.2) is 0 Å². The molecule has 0 aliphatic rings. The van der Waals surface area contributed by atoms with Gasteiger partial charge in [-0.15, -0.1) is 11.8 Å². The number of hydrogen-bond donors (Lipinski definition) is 2. The van der Waals surface area contributed by atoms with Crippen LogP contribution >= 0.6 is 35.0 Å². The van der Waals surface area contributed by atoms with Crippen molar-refractivity contribution in [3.63, 3.8) is 0 Å². The van der Waals surface area contributed by atoms with Crippen molar-refractivity contribution in [2.45, 2.75) is 36.0 Å². The van der Waals surface area contributed by atoms with Gasteiger partial charge >= 0.3 is 5.97 Å². The van der Waals surface area contributed by atoms with Gasteiger partial charge in [0.2, 0.25) is 0 Å². The number of halogens is 2. The van der Waals surface area contributed by atoms with Crippen molar-refractivity contribution in [3.8, 4) is 0 Å². The number of carbonyl (C=O) groups is 1. The molecular formula is C12H15Cl2NO2S. The summed E-state index contributed by atoms with van der Waals surface area (Å²) in [5.41, 5.74) is 4.49. The van der Waals surface area contributed by atoms with E-state index < -0.39 is 11.5 Å². The molecule has 2 atom stereocenters. The molecule has 0 aromatic heterocycles. The third-order valence-corrected chi connectivity index (χ3v) is 4.26. The average Bonchev–Trinajstić information content (AvgIpc) is 2.22. The van der Waals surface area contributed by atoms with Crippen LogP contribution < -0.4 is 5.73 Å². The number of thioether (sulfide) groups is 1. The van der Waals surface area contributed by atoms with Gasteiger partial charge in [0, 0.05) is 10.1 Å². The first kappa shape index (κ1) is 15.6. The number of hydrogen-bond acceptors (Lipinski definition) is 3. The summed E-state index contributed by atoms with van der Waals surface area (Å²) in [5, 5.41) is 10.0. The van der Waals surface area contributed by atoms with E-state index in [0.29, 0.717) is 16.5 Å². The van der Waals surface area contributed by atoms with Gasteiger partial charge in [-0.2, -0.15) is 0 Å². The van der Waals surface area contributed by atoms with E-state index in [9.17, 15) is 4.79 Å². The van der Waals surface area contributed by atoms with E-state index in [0.717, 1.165) is 4.90 Å². The molecule has 0 aliphatic carbocycles. The summed E-state index contributed by atoms with van der Waals surface area (Å²) in [6.07, 6.45) is 0.368. The molecule has 18 heavy (non-hydrogen) atoms. The minimum atomic E-state index is -1.22. The lowest BCUT2D eigenvalue weighted by atomic mass is 9.98. The third-order valence-electron chi connectivity index (χ3n) is 2.43. The number of benzene rings is 1. The summed E-state index contributed by atoms with van der Waals surface area (Å²) < 4.78 is 0. The fraction of sp³-hybridized carbons (Fsp3) is 0.417. The maximum absolute atomic E-state index is 10.9. The van der Waals surface area contributed by atoms with Crippen LogP contribution in [0.1, 0.15) is 20.3 Å². The molecule has 0 amide bonds. The fourth-order valence-corrected chi connectivity index (χ4v) is 3.10. The number of carboxylic acid groups (broad SMARTS) is 1. The molecule has 1 aromatic carbocycles. The number of aliphatic carboxylic acids is 1. The van der Waals surface area contributed by atoms with Gasteiger partial charge < -0.3 is 10.8 Å². The molecule has 3 nitrogen and oxygen atoms in total. The normalized spacial score (nSPS) is 16.1. The third kappa shape index (κ3) is 4.35. The van der Waals surface area contributed by atoms with Gasteiger partial charge in [0.1, 0.15) is 5.54 Å². The fourth-order valence-electron chi connectivity index (χ4n) is 1.51. The summed E-state index contributed by atoms with van der Waals surface area (Å²) in [5.74, 6) is -0.996. The predicted octanol–water partition coefficient (Wildman–Crippen LogP) is 3.67. The molecule has 0 spiro atoms. The lowest BCUT2D eigenvalue weighted by Crippen LogP contribution is -2.46. The molecule has 100 valence electrons. The summed E-state index contributed by atoms with van der Waals surface area (Å²) in [6.45, 7) is 3.45. The summed E-state index contributed by atoms with van der Waals surface area (Å²) >= 11 is 13.3. The van der Waals surface area contributed by atoms with E-state index in [1.165, 1.54) is 18.7 Å². The Morgan fingerprint density at radius 3 is 2.61 bits per heavy atom. The first-order chi connectivity index (χ1) is 8.22. The zero-order valence-corrected chi connectivity index (χ0v) is 12.4. The Kier molecular flexibility index (Phi) is 5.34. The molecule has 0 saturated carbocycles. The Morgan fingerprint density at radius 2 is 2.11 bits per heavy atom. The van der Waals surface area contributed by atoms with Gasteiger partial charge in [-0.25, -0.2) is 0 Å². The minimum absolute atomic E-state index is 0.0633. The maximum Gasteiger partial charge on any atom is 0.323 e. The molecule has 0 fully saturated rings. The summed E-state index contributed by atoms with van der Waals surface area (Å²) in [6, 6.07) is 5.33. The van der Waals surface area contributed by atoms with Crippen molar-refractivity contribution in [2.75, 3.05) is 0 Å². The van der Waals surface area contributed by atoms with Crippen LogP contribution in [0.3, 0.4) is 0 Å². The van der Waals surface area contributed by atoms with Crippen molar-refractivity contribution in [3.05, 3.63) is 28.2 Å². The van der Waals surface area contributed by atoms with E-state index in [4.69, 9.17) is 34.0 Å². The van der Waals surface area contributed by atoms with E-state index in [-0.39, 0.29) is 5.25 Å². The Bertz CT molecular complexity index is 452. The molecule has 2 unspecified atom stereocenters. The molecule has 1 aromatic rings. The number of nitrogens with two attached hydrogens (primary N) is 1. The largest absolute Gasteiger partial charge is 0.480 e. The Hall–Kier alpha value is -0.420. The van der Waals surface area contributed by atoms with Crippen LogP contribution in [-0.4, -0.2) is 21.9 Å². The monoisotopic (exact) mass is 307 g/mol. The van der Waals surface area contributed by atoms with Crippen molar-refractivity contribution in [2.24, 2.45) is 5.73 Å². The molecule has 0 saturated heterocycles. The zero-order chi connectivity index (χ0) is 13.9. The van der Waals surface area contributed by atoms with Crippen LogP contribution in [0.5, 0.6) is 0 Å². The molecule has 0 heterocycles. The Morgan fingerprint density at radius 1 is 1.50 bits per heavy atom. The quantitative estimate of drug-likeness (QED) is 0.815. The lowest BCUT2D eigenvalue weighted by Gasteiger charge is -2.23. The zero-order valence-electron chi connectivity index (χ0n) is 10.1. The highest BCUT2D eigenvalue weighted by Gasteiger charge is 2.30. The highest BCUT2D eigenvalue weighted by atomic mass is 35.5. The SMILES string of the molecule is CC(CC(C)(N)C(=O)O)Sc1ccc(Cl)c(Cl)c1. The summed E-state index contributed by atoms with van der Waals surface area (Å²) in [7, 11) is 0. The van der Waals surface area contributed by atoms with Crippen molar-refractivity contribution in [1.82, 2.24) is 0 Å². The lowest BCUT2D eigenvalue weighted by molar-refractivity contribution is -0.142. The highest BCUT2D eigenvalue weighted by Crippen LogP contribution is 2.32.